The lowest BCUT2D eigenvalue weighted by Gasteiger charge is -2.32. The molecule has 1 amide bonds. The third-order valence-corrected chi connectivity index (χ3v) is 3.97. The van der Waals surface area contributed by atoms with Gasteiger partial charge < -0.3 is 4.90 Å². The summed E-state index contributed by atoms with van der Waals surface area (Å²) >= 11 is 11.4. The molecule has 0 saturated carbocycles. The van der Waals surface area contributed by atoms with Crippen LogP contribution >= 0.6 is 23.2 Å². The van der Waals surface area contributed by atoms with E-state index in [9.17, 15) is 18.0 Å². The van der Waals surface area contributed by atoms with Crippen molar-refractivity contribution in [2.45, 2.75) is 19.0 Å². The van der Waals surface area contributed by atoms with E-state index in [1.807, 2.05) is 0 Å². The van der Waals surface area contributed by atoms with Crippen LogP contribution in [0.2, 0.25) is 10.2 Å². The number of halogens is 5. The molecule has 0 aliphatic carbocycles. The monoisotopic (exact) mass is 326 g/mol. The first-order valence-corrected chi connectivity index (χ1v) is 6.71. The van der Waals surface area contributed by atoms with Crippen molar-refractivity contribution in [3.05, 3.63) is 28.0 Å². The van der Waals surface area contributed by atoms with E-state index in [2.05, 4.69) is 4.98 Å². The molecule has 0 unspecified atom stereocenters. The van der Waals surface area contributed by atoms with Crippen molar-refractivity contribution in [2.24, 2.45) is 5.92 Å². The molecule has 110 valence electrons. The fourth-order valence-electron chi connectivity index (χ4n) is 2.13. The molecule has 1 fully saturated rings. The Balaban J connectivity index is 2.03. The highest BCUT2D eigenvalue weighted by Crippen LogP contribution is 2.34. The highest BCUT2D eigenvalue weighted by Gasteiger charge is 2.41. The first kappa shape index (κ1) is 15.4. The summed E-state index contributed by atoms with van der Waals surface area (Å²) in [5.74, 6) is -1.71. The molecule has 1 saturated heterocycles. The second-order valence-electron chi connectivity index (χ2n) is 4.60. The molecule has 0 aromatic carbocycles. The largest absolute Gasteiger partial charge is 0.391 e. The van der Waals surface area contributed by atoms with E-state index >= 15 is 0 Å². The summed E-state index contributed by atoms with van der Waals surface area (Å²) in [6.07, 6.45) is -3.08. The first-order chi connectivity index (χ1) is 9.29. The van der Waals surface area contributed by atoms with Crippen LogP contribution in [-0.2, 0) is 0 Å². The zero-order chi connectivity index (χ0) is 14.9. The average molecular weight is 327 g/mol. The molecular weight excluding hydrogens is 316 g/mol. The molecule has 0 bridgehead atoms. The topological polar surface area (TPSA) is 33.2 Å². The van der Waals surface area contributed by atoms with E-state index in [0.717, 1.165) is 0 Å². The van der Waals surface area contributed by atoms with Gasteiger partial charge in [-0.2, -0.15) is 13.2 Å². The number of rotatable bonds is 1. The van der Waals surface area contributed by atoms with E-state index in [0.29, 0.717) is 0 Å². The molecule has 0 spiro atoms. The van der Waals surface area contributed by atoms with Gasteiger partial charge in [0.05, 0.1) is 16.5 Å². The molecule has 1 aliphatic heterocycles. The Morgan fingerprint density at radius 2 is 1.90 bits per heavy atom. The summed E-state index contributed by atoms with van der Waals surface area (Å²) in [4.78, 5) is 17.3. The zero-order valence-corrected chi connectivity index (χ0v) is 11.8. The number of hydrogen-bond acceptors (Lipinski definition) is 2. The summed E-state index contributed by atoms with van der Waals surface area (Å²) in [5, 5.41) is 0.224. The van der Waals surface area contributed by atoms with Crippen LogP contribution in [0, 0.1) is 5.92 Å². The minimum absolute atomic E-state index is 0.0727. The van der Waals surface area contributed by atoms with Gasteiger partial charge in [-0.25, -0.2) is 4.98 Å². The van der Waals surface area contributed by atoms with Crippen molar-refractivity contribution in [1.29, 1.82) is 0 Å². The van der Waals surface area contributed by atoms with Crippen molar-refractivity contribution in [3.63, 3.8) is 0 Å². The van der Waals surface area contributed by atoms with E-state index in [1.165, 1.54) is 17.2 Å². The SMILES string of the molecule is O=C(c1cnc(Cl)c(Cl)c1)N1CCC(C(F)(F)F)CC1. The molecule has 1 aromatic rings. The minimum Gasteiger partial charge on any atom is -0.339 e. The lowest BCUT2D eigenvalue weighted by Crippen LogP contribution is -2.42. The van der Waals surface area contributed by atoms with Crippen LogP contribution in [0.1, 0.15) is 23.2 Å². The van der Waals surface area contributed by atoms with Crippen molar-refractivity contribution in [3.8, 4) is 0 Å². The normalized spacial score (nSPS) is 17.4. The quantitative estimate of drug-likeness (QED) is 0.735. The number of amides is 1. The summed E-state index contributed by atoms with van der Waals surface area (Å²) < 4.78 is 37.6. The highest BCUT2D eigenvalue weighted by atomic mass is 35.5. The fraction of sp³-hybridized carbons (Fsp3) is 0.500. The Bertz CT molecular complexity index is 514. The second-order valence-corrected chi connectivity index (χ2v) is 5.37. The van der Waals surface area contributed by atoms with E-state index in [-0.39, 0.29) is 47.6 Å². The standard InChI is InChI=1S/C12H11Cl2F3N2O/c13-9-5-7(6-18-10(9)14)11(20)19-3-1-8(2-4-19)12(15,16)17/h5-6,8H,1-4H2. The van der Waals surface area contributed by atoms with Crippen LogP contribution in [0.25, 0.3) is 0 Å². The number of hydrogen-bond donors (Lipinski definition) is 0. The predicted octanol–water partition coefficient (Wildman–Crippen LogP) is 3.80. The van der Waals surface area contributed by atoms with Crippen LogP contribution < -0.4 is 0 Å². The van der Waals surface area contributed by atoms with Gasteiger partial charge >= 0.3 is 6.18 Å². The van der Waals surface area contributed by atoms with Crippen molar-refractivity contribution in [1.82, 2.24) is 9.88 Å². The van der Waals surface area contributed by atoms with Crippen LogP contribution in [0.3, 0.4) is 0 Å². The molecule has 1 aliphatic rings. The van der Waals surface area contributed by atoms with Crippen LogP contribution in [0.5, 0.6) is 0 Å². The fourth-order valence-corrected chi connectivity index (χ4v) is 2.40. The number of piperidine rings is 1. The number of nitrogens with zero attached hydrogens (tertiary/aromatic N) is 2. The molecular formula is C12H11Cl2F3N2O. The molecule has 8 heteroatoms. The summed E-state index contributed by atoms with van der Waals surface area (Å²) in [7, 11) is 0. The summed E-state index contributed by atoms with van der Waals surface area (Å²) in [6, 6.07) is 1.37. The second kappa shape index (κ2) is 5.77. The Morgan fingerprint density at radius 3 is 2.40 bits per heavy atom. The third-order valence-electron chi connectivity index (χ3n) is 3.29. The number of aromatic nitrogens is 1. The predicted molar refractivity (Wildman–Crippen MR) is 68.9 cm³/mol. The molecule has 0 N–H and O–H groups in total. The maximum absolute atomic E-state index is 12.5. The first-order valence-electron chi connectivity index (χ1n) is 5.96. The number of pyridine rings is 1. The average Bonchev–Trinajstić information content (AvgIpc) is 2.40. The Labute approximate surface area is 123 Å². The van der Waals surface area contributed by atoms with Crippen molar-refractivity contribution < 1.29 is 18.0 Å². The van der Waals surface area contributed by atoms with Gasteiger partial charge in [0.25, 0.3) is 5.91 Å². The highest BCUT2D eigenvalue weighted by molar-refractivity contribution is 6.41. The van der Waals surface area contributed by atoms with Crippen LogP contribution in [0.4, 0.5) is 13.2 Å². The van der Waals surface area contributed by atoms with Crippen molar-refractivity contribution >= 4 is 29.1 Å². The van der Waals surface area contributed by atoms with Gasteiger partial charge in [0.1, 0.15) is 5.15 Å². The summed E-state index contributed by atoms with van der Waals surface area (Å²) in [6.45, 7) is 0.145. The van der Waals surface area contributed by atoms with Gasteiger partial charge in [-0.3, -0.25) is 4.79 Å². The maximum Gasteiger partial charge on any atom is 0.391 e. The van der Waals surface area contributed by atoms with Gasteiger partial charge in [0.15, 0.2) is 0 Å². The molecule has 1 aromatic heterocycles. The smallest absolute Gasteiger partial charge is 0.339 e. The maximum atomic E-state index is 12.5. The van der Waals surface area contributed by atoms with E-state index in [1.54, 1.807) is 0 Å². The molecule has 0 radical (unpaired) electrons. The number of carbonyl (C=O) groups excluding carboxylic acids is 1. The third kappa shape index (κ3) is 3.35. The van der Waals surface area contributed by atoms with Gasteiger partial charge in [-0.15, -0.1) is 0 Å². The van der Waals surface area contributed by atoms with Gasteiger partial charge in [0, 0.05) is 19.3 Å². The molecule has 0 atom stereocenters. The number of alkyl halides is 3. The lowest BCUT2D eigenvalue weighted by molar-refractivity contribution is -0.183. The zero-order valence-electron chi connectivity index (χ0n) is 10.3. The Hall–Kier alpha value is -1.01. The Morgan fingerprint density at radius 1 is 1.30 bits per heavy atom. The van der Waals surface area contributed by atoms with E-state index in [4.69, 9.17) is 23.2 Å². The number of likely N-dealkylation sites (tertiary alicyclic amines) is 1. The number of carbonyl (C=O) groups is 1. The van der Waals surface area contributed by atoms with Gasteiger partial charge in [-0.1, -0.05) is 23.2 Å². The van der Waals surface area contributed by atoms with Gasteiger partial charge in [0.2, 0.25) is 0 Å². The van der Waals surface area contributed by atoms with Gasteiger partial charge in [-0.05, 0) is 18.9 Å². The lowest BCUT2D eigenvalue weighted by atomic mass is 9.96. The van der Waals surface area contributed by atoms with Crippen LogP contribution in [0.15, 0.2) is 12.3 Å². The molecule has 2 rings (SSSR count). The summed E-state index contributed by atoms with van der Waals surface area (Å²) in [5.41, 5.74) is 0.227. The molecule has 3 nitrogen and oxygen atoms in total. The van der Waals surface area contributed by atoms with Crippen LogP contribution in [-0.4, -0.2) is 35.1 Å². The minimum atomic E-state index is -4.19. The molecule has 20 heavy (non-hydrogen) atoms. The van der Waals surface area contributed by atoms with Crippen molar-refractivity contribution in [2.75, 3.05) is 13.1 Å². The van der Waals surface area contributed by atoms with E-state index < -0.39 is 12.1 Å². The molecule has 2 heterocycles. The Kier molecular flexibility index (Phi) is 4.44.